The number of hydrogen-bond donors (Lipinski definition) is 1. The first kappa shape index (κ1) is 14.8. The van der Waals surface area contributed by atoms with Gasteiger partial charge in [-0.15, -0.1) is 0 Å². The second-order valence-electron chi connectivity index (χ2n) is 6.55. The van der Waals surface area contributed by atoms with E-state index < -0.39 is 5.97 Å². The molecular formula is C16H29NO2. The summed E-state index contributed by atoms with van der Waals surface area (Å²) in [6.07, 6.45) is 9.42. The first-order valence-corrected chi connectivity index (χ1v) is 8.12. The molecule has 0 aromatic rings. The molecule has 1 heterocycles. The van der Waals surface area contributed by atoms with Crippen LogP contribution in [0.5, 0.6) is 0 Å². The predicted octanol–water partition coefficient (Wildman–Crippen LogP) is 3.53. The molecule has 3 nitrogen and oxygen atoms in total. The fourth-order valence-corrected chi connectivity index (χ4v) is 4.12. The zero-order chi connectivity index (χ0) is 13.8. The molecule has 1 N–H and O–H groups in total. The van der Waals surface area contributed by atoms with Crippen LogP contribution in [-0.2, 0) is 4.79 Å². The van der Waals surface area contributed by atoms with Crippen molar-refractivity contribution in [2.75, 3.05) is 6.54 Å². The molecule has 110 valence electrons. The summed E-state index contributed by atoms with van der Waals surface area (Å²) >= 11 is 0. The van der Waals surface area contributed by atoms with Gasteiger partial charge in [0.2, 0.25) is 0 Å². The topological polar surface area (TPSA) is 40.5 Å². The molecule has 2 aliphatic rings. The summed E-state index contributed by atoms with van der Waals surface area (Å²) in [7, 11) is 0. The molecule has 1 aliphatic carbocycles. The van der Waals surface area contributed by atoms with Gasteiger partial charge in [-0.2, -0.15) is 0 Å². The predicted molar refractivity (Wildman–Crippen MR) is 77.2 cm³/mol. The smallest absolute Gasteiger partial charge is 0.306 e. The lowest BCUT2D eigenvalue weighted by Crippen LogP contribution is -2.42. The molecule has 19 heavy (non-hydrogen) atoms. The molecule has 0 amide bonds. The van der Waals surface area contributed by atoms with Gasteiger partial charge in [0.1, 0.15) is 0 Å². The van der Waals surface area contributed by atoms with Crippen molar-refractivity contribution in [3.05, 3.63) is 0 Å². The van der Waals surface area contributed by atoms with Crippen LogP contribution in [0.15, 0.2) is 0 Å². The summed E-state index contributed by atoms with van der Waals surface area (Å²) in [6, 6.07) is 1.35. The normalized spacial score (nSPS) is 36.5. The summed E-state index contributed by atoms with van der Waals surface area (Å²) in [5, 5.41) is 9.40. The molecule has 3 heteroatoms. The van der Waals surface area contributed by atoms with Crippen LogP contribution < -0.4 is 0 Å². The quantitative estimate of drug-likeness (QED) is 0.828. The second-order valence-corrected chi connectivity index (χ2v) is 6.55. The number of carboxylic acid groups (broad SMARTS) is 1. The molecule has 0 radical (unpaired) electrons. The van der Waals surface area contributed by atoms with Gasteiger partial charge in [0.15, 0.2) is 0 Å². The fourth-order valence-electron chi connectivity index (χ4n) is 4.12. The molecular weight excluding hydrogens is 238 g/mol. The average molecular weight is 267 g/mol. The zero-order valence-electron chi connectivity index (χ0n) is 12.5. The van der Waals surface area contributed by atoms with Crippen molar-refractivity contribution in [2.45, 2.75) is 77.3 Å². The summed E-state index contributed by atoms with van der Waals surface area (Å²) < 4.78 is 0. The lowest BCUT2D eigenvalue weighted by Gasteiger charge is -2.36. The van der Waals surface area contributed by atoms with Gasteiger partial charge < -0.3 is 5.11 Å². The average Bonchev–Trinajstić information content (AvgIpc) is 2.72. The highest BCUT2D eigenvalue weighted by Crippen LogP contribution is 2.35. The molecule has 1 aliphatic heterocycles. The highest BCUT2D eigenvalue weighted by molar-refractivity contribution is 5.70. The Hall–Kier alpha value is -0.570. The number of nitrogens with zero attached hydrogens (tertiary/aromatic N) is 1. The monoisotopic (exact) mass is 267 g/mol. The first-order chi connectivity index (χ1) is 9.13. The Labute approximate surface area is 117 Å². The first-order valence-electron chi connectivity index (χ1n) is 8.12. The van der Waals surface area contributed by atoms with E-state index in [9.17, 15) is 9.90 Å². The minimum absolute atomic E-state index is 0.0937. The third-order valence-electron chi connectivity index (χ3n) is 5.25. The summed E-state index contributed by atoms with van der Waals surface area (Å²) in [5.41, 5.74) is 0. The maximum absolute atomic E-state index is 11.4. The molecule has 4 atom stereocenters. The highest BCUT2D eigenvalue weighted by atomic mass is 16.4. The number of hydrogen-bond acceptors (Lipinski definition) is 2. The van der Waals surface area contributed by atoms with E-state index in [0.717, 1.165) is 25.8 Å². The van der Waals surface area contributed by atoms with Gasteiger partial charge in [0.05, 0.1) is 5.92 Å². The van der Waals surface area contributed by atoms with Gasteiger partial charge >= 0.3 is 5.97 Å². The molecule has 2 unspecified atom stereocenters. The Bertz CT molecular complexity index is 303. The van der Waals surface area contributed by atoms with E-state index in [2.05, 4.69) is 18.7 Å². The van der Waals surface area contributed by atoms with Crippen molar-refractivity contribution < 1.29 is 9.90 Å². The minimum Gasteiger partial charge on any atom is -0.481 e. The largest absolute Gasteiger partial charge is 0.481 e. The van der Waals surface area contributed by atoms with Gasteiger partial charge in [0.25, 0.3) is 0 Å². The summed E-state index contributed by atoms with van der Waals surface area (Å²) in [4.78, 5) is 14.0. The fraction of sp³-hybridized carbons (Fsp3) is 0.938. The van der Waals surface area contributed by atoms with Crippen LogP contribution >= 0.6 is 0 Å². The van der Waals surface area contributed by atoms with E-state index in [1.54, 1.807) is 0 Å². The Kier molecular flexibility index (Phi) is 5.26. The number of likely N-dealkylation sites (tertiary alicyclic amines) is 1. The summed E-state index contributed by atoms with van der Waals surface area (Å²) in [5.74, 6) is -0.279. The van der Waals surface area contributed by atoms with Crippen LogP contribution in [0.1, 0.15) is 65.2 Å². The van der Waals surface area contributed by atoms with Crippen LogP contribution in [-0.4, -0.2) is 34.6 Å². The van der Waals surface area contributed by atoms with Crippen molar-refractivity contribution in [1.82, 2.24) is 4.90 Å². The highest BCUT2D eigenvalue weighted by Gasteiger charge is 2.36. The van der Waals surface area contributed by atoms with Gasteiger partial charge in [-0.05, 0) is 44.9 Å². The maximum Gasteiger partial charge on any atom is 0.306 e. The van der Waals surface area contributed by atoms with E-state index >= 15 is 0 Å². The van der Waals surface area contributed by atoms with Crippen molar-refractivity contribution in [3.63, 3.8) is 0 Å². The Balaban J connectivity index is 1.98. The van der Waals surface area contributed by atoms with Crippen LogP contribution in [0.25, 0.3) is 0 Å². The van der Waals surface area contributed by atoms with Gasteiger partial charge in [-0.25, -0.2) is 0 Å². The Morgan fingerprint density at radius 1 is 1.21 bits per heavy atom. The number of carboxylic acids is 1. The summed E-state index contributed by atoms with van der Waals surface area (Å²) in [6.45, 7) is 5.58. The van der Waals surface area contributed by atoms with Crippen LogP contribution in [0.2, 0.25) is 0 Å². The van der Waals surface area contributed by atoms with Crippen LogP contribution in [0.3, 0.4) is 0 Å². The standard InChI is InChI=1S/C16H29NO2/c1-3-6-14-10-9-12(2)17(14)11-13-7-4-5-8-15(13)16(18)19/h12-15H,3-11H2,1-2H3,(H,18,19)/t12?,13-,14?,15-/m0/s1. The van der Waals surface area contributed by atoms with Crippen LogP contribution in [0.4, 0.5) is 0 Å². The van der Waals surface area contributed by atoms with Crippen molar-refractivity contribution >= 4 is 5.97 Å². The van der Waals surface area contributed by atoms with Gasteiger partial charge in [0, 0.05) is 18.6 Å². The van der Waals surface area contributed by atoms with E-state index in [1.807, 2.05) is 0 Å². The molecule has 0 spiro atoms. The molecule has 1 saturated heterocycles. The zero-order valence-corrected chi connectivity index (χ0v) is 12.5. The van der Waals surface area contributed by atoms with E-state index in [1.165, 1.54) is 32.1 Å². The molecule has 2 rings (SSSR count). The molecule has 1 saturated carbocycles. The van der Waals surface area contributed by atoms with E-state index in [4.69, 9.17) is 0 Å². The molecule has 2 fully saturated rings. The Morgan fingerprint density at radius 3 is 2.63 bits per heavy atom. The number of rotatable bonds is 5. The lowest BCUT2D eigenvalue weighted by molar-refractivity contribution is -0.145. The maximum atomic E-state index is 11.4. The SMILES string of the molecule is CCCC1CCC(C)N1C[C@@H]1CCCC[C@@H]1C(=O)O. The molecule has 0 aromatic carbocycles. The number of carbonyl (C=O) groups is 1. The van der Waals surface area contributed by atoms with Crippen molar-refractivity contribution in [2.24, 2.45) is 11.8 Å². The third kappa shape index (κ3) is 3.50. The second kappa shape index (κ2) is 6.74. The number of aliphatic carboxylic acids is 1. The van der Waals surface area contributed by atoms with E-state index in [-0.39, 0.29) is 5.92 Å². The minimum atomic E-state index is -0.566. The van der Waals surface area contributed by atoms with Crippen molar-refractivity contribution in [3.8, 4) is 0 Å². The van der Waals surface area contributed by atoms with Gasteiger partial charge in [-0.1, -0.05) is 26.2 Å². The third-order valence-corrected chi connectivity index (χ3v) is 5.25. The van der Waals surface area contributed by atoms with E-state index in [0.29, 0.717) is 18.0 Å². The lowest BCUT2D eigenvalue weighted by atomic mass is 9.78. The van der Waals surface area contributed by atoms with Crippen molar-refractivity contribution in [1.29, 1.82) is 0 Å². The van der Waals surface area contributed by atoms with Gasteiger partial charge in [-0.3, -0.25) is 9.69 Å². The molecule has 0 bridgehead atoms. The van der Waals surface area contributed by atoms with Crippen LogP contribution in [0, 0.1) is 11.8 Å². The Morgan fingerprint density at radius 2 is 1.95 bits per heavy atom. The molecule has 0 aromatic heterocycles.